The third-order valence-corrected chi connectivity index (χ3v) is 4.41. The van der Waals surface area contributed by atoms with Crippen LogP contribution in [0.2, 0.25) is 0 Å². The number of nitrogens with one attached hydrogen (secondary N) is 1. The molecule has 1 aliphatic rings. The quantitative estimate of drug-likeness (QED) is 0.917. The molecule has 0 radical (unpaired) electrons. The fourth-order valence-electron chi connectivity index (χ4n) is 2.86. The summed E-state index contributed by atoms with van der Waals surface area (Å²) >= 11 is 0. The van der Waals surface area contributed by atoms with Crippen LogP contribution in [0.4, 0.5) is 11.5 Å². The lowest BCUT2D eigenvalue weighted by Gasteiger charge is -2.17. The first kappa shape index (κ1) is 16.2. The molecule has 3 rings (SSSR count). The maximum atomic E-state index is 12.6. The van der Waals surface area contributed by atoms with Crippen molar-refractivity contribution in [2.75, 3.05) is 16.8 Å². The van der Waals surface area contributed by atoms with Gasteiger partial charge in [0.25, 0.3) is 5.91 Å². The number of carbonyl (C=O) groups excluding carboxylic acids is 2. The largest absolute Gasteiger partial charge is 0.312 e. The Morgan fingerprint density at radius 3 is 2.92 bits per heavy atom. The van der Waals surface area contributed by atoms with E-state index in [0.29, 0.717) is 24.3 Å². The predicted octanol–water partition coefficient (Wildman–Crippen LogP) is 3.23. The second-order valence-corrected chi connectivity index (χ2v) is 6.07. The molecule has 1 aromatic carbocycles. The average Bonchev–Trinajstić information content (AvgIpc) is 3.23. The van der Waals surface area contributed by atoms with Crippen molar-refractivity contribution in [3.63, 3.8) is 0 Å². The lowest BCUT2D eigenvalue weighted by molar-refractivity contribution is -0.117. The fourth-order valence-corrected chi connectivity index (χ4v) is 2.86. The molecule has 1 N–H and O–H groups in total. The van der Waals surface area contributed by atoms with Gasteiger partial charge in [-0.3, -0.25) is 9.59 Å². The molecule has 1 fully saturated rings. The van der Waals surface area contributed by atoms with Crippen molar-refractivity contribution in [3.05, 3.63) is 42.1 Å². The molecule has 6 nitrogen and oxygen atoms in total. The first-order valence-corrected chi connectivity index (χ1v) is 8.35. The van der Waals surface area contributed by atoms with Crippen molar-refractivity contribution in [1.82, 2.24) is 9.78 Å². The number of nitrogens with zero attached hydrogens (tertiary/aromatic N) is 3. The molecule has 2 aromatic rings. The van der Waals surface area contributed by atoms with Gasteiger partial charge in [-0.2, -0.15) is 5.10 Å². The van der Waals surface area contributed by atoms with Crippen LogP contribution in [-0.2, 0) is 4.79 Å². The summed E-state index contributed by atoms with van der Waals surface area (Å²) < 4.78 is 1.81. The Morgan fingerprint density at radius 2 is 2.21 bits per heavy atom. The van der Waals surface area contributed by atoms with Gasteiger partial charge in [0, 0.05) is 30.3 Å². The molecule has 24 heavy (non-hydrogen) atoms. The molecule has 1 atom stereocenters. The number of benzene rings is 1. The number of hydrogen-bond acceptors (Lipinski definition) is 3. The summed E-state index contributed by atoms with van der Waals surface area (Å²) in [5.41, 5.74) is 1.31. The highest BCUT2D eigenvalue weighted by Gasteiger charge is 2.22. The summed E-state index contributed by atoms with van der Waals surface area (Å²) in [6, 6.07) is 9.19. The van der Waals surface area contributed by atoms with Crippen LogP contribution in [0, 0.1) is 0 Å². The van der Waals surface area contributed by atoms with Crippen molar-refractivity contribution >= 4 is 23.3 Å². The lowest BCUT2D eigenvalue weighted by Crippen LogP contribution is -2.24. The second-order valence-electron chi connectivity index (χ2n) is 6.07. The summed E-state index contributed by atoms with van der Waals surface area (Å²) in [6.45, 7) is 4.85. The summed E-state index contributed by atoms with van der Waals surface area (Å²) in [5, 5.41) is 7.18. The van der Waals surface area contributed by atoms with E-state index in [1.54, 1.807) is 29.3 Å². The summed E-state index contributed by atoms with van der Waals surface area (Å²) in [5.74, 6) is 0.591. The van der Waals surface area contributed by atoms with Crippen molar-refractivity contribution in [2.24, 2.45) is 0 Å². The summed E-state index contributed by atoms with van der Waals surface area (Å²) in [7, 11) is 0. The van der Waals surface area contributed by atoms with Gasteiger partial charge in [-0.1, -0.05) is 13.0 Å². The van der Waals surface area contributed by atoms with Crippen molar-refractivity contribution in [2.45, 2.75) is 39.2 Å². The van der Waals surface area contributed by atoms with Crippen LogP contribution in [0.3, 0.4) is 0 Å². The van der Waals surface area contributed by atoms with Gasteiger partial charge in [0.2, 0.25) is 5.91 Å². The zero-order valence-electron chi connectivity index (χ0n) is 14.0. The van der Waals surface area contributed by atoms with Crippen LogP contribution in [0.15, 0.2) is 36.5 Å². The van der Waals surface area contributed by atoms with E-state index in [1.165, 1.54) is 0 Å². The van der Waals surface area contributed by atoms with E-state index >= 15 is 0 Å². The second kappa shape index (κ2) is 6.86. The van der Waals surface area contributed by atoms with E-state index in [2.05, 4.69) is 24.3 Å². The van der Waals surface area contributed by atoms with Crippen LogP contribution in [-0.4, -0.2) is 28.1 Å². The standard InChI is InChI=1S/C18H22N4O2/c1-3-13(2)22-16(9-10-19-22)20-18(24)14-6-4-7-15(12-14)21-11-5-8-17(21)23/h4,6-7,9-10,12-13H,3,5,8,11H2,1-2H3,(H,20,24). The molecule has 1 unspecified atom stereocenters. The third kappa shape index (κ3) is 3.18. The Balaban J connectivity index is 1.79. The summed E-state index contributed by atoms with van der Waals surface area (Å²) in [6.07, 6.45) is 4.05. The van der Waals surface area contributed by atoms with Gasteiger partial charge in [0.1, 0.15) is 5.82 Å². The highest BCUT2D eigenvalue weighted by atomic mass is 16.2. The molecular formula is C18H22N4O2. The molecule has 0 bridgehead atoms. The maximum Gasteiger partial charge on any atom is 0.256 e. The Bertz CT molecular complexity index is 753. The molecule has 0 aliphatic carbocycles. The van der Waals surface area contributed by atoms with E-state index < -0.39 is 0 Å². The van der Waals surface area contributed by atoms with Gasteiger partial charge < -0.3 is 10.2 Å². The van der Waals surface area contributed by atoms with Crippen LogP contribution in [0.1, 0.15) is 49.5 Å². The van der Waals surface area contributed by atoms with E-state index in [1.807, 2.05) is 16.8 Å². The minimum Gasteiger partial charge on any atom is -0.312 e. The van der Waals surface area contributed by atoms with Crippen LogP contribution >= 0.6 is 0 Å². The lowest BCUT2D eigenvalue weighted by atomic mass is 10.1. The average molecular weight is 326 g/mol. The van der Waals surface area contributed by atoms with E-state index in [-0.39, 0.29) is 17.9 Å². The Labute approximate surface area is 141 Å². The SMILES string of the molecule is CCC(C)n1nccc1NC(=O)c1cccc(N2CCCC2=O)c1. The Hall–Kier alpha value is -2.63. The first-order chi connectivity index (χ1) is 11.6. The molecule has 1 aliphatic heterocycles. The molecule has 1 saturated heterocycles. The zero-order chi connectivity index (χ0) is 17.1. The topological polar surface area (TPSA) is 67.2 Å². The zero-order valence-corrected chi connectivity index (χ0v) is 14.0. The smallest absolute Gasteiger partial charge is 0.256 e. The fraction of sp³-hybridized carbons (Fsp3) is 0.389. The highest BCUT2D eigenvalue weighted by Crippen LogP contribution is 2.23. The predicted molar refractivity (Wildman–Crippen MR) is 93.2 cm³/mol. The van der Waals surface area contributed by atoms with Gasteiger partial charge in [-0.15, -0.1) is 0 Å². The van der Waals surface area contributed by atoms with Gasteiger partial charge in [-0.05, 0) is 38.0 Å². The Morgan fingerprint density at radius 1 is 1.38 bits per heavy atom. The molecule has 2 amide bonds. The van der Waals surface area contributed by atoms with Crippen LogP contribution < -0.4 is 10.2 Å². The number of rotatable bonds is 5. The monoisotopic (exact) mass is 326 g/mol. The van der Waals surface area contributed by atoms with Gasteiger partial charge >= 0.3 is 0 Å². The number of anilines is 2. The van der Waals surface area contributed by atoms with Crippen molar-refractivity contribution in [1.29, 1.82) is 0 Å². The first-order valence-electron chi connectivity index (χ1n) is 8.35. The molecule has 126 valence electrons. The normalized spacial score (nSPS) is 15.6. The van der Waals surface area contributed by atoms with E-state index in [0.717, 1.165) is 18.5 Å². The third-order valence-electron chi connectivity index (χ3n) is 4.41. The van der Waals surface area contributed by atoms with Crippen LogP contribution in [0.5, 0.6) is 0 Å². The van der Waals surface area contributed by atoms with E-state index in [4.69, 9.17) is 0 Å². The molecule has 2 heterocycles. The summed E-state index contributed by atoms with van der Waals surface area (Å²) in [4.78, 5) is 26.2. The van der Waals surface area contributed by atoms with Gasteiger partial charge in [0.05, 0.1) is 12.2 Å². The van der Waals surface area contributed by atoms with Gasteiger partial charge in [0.15, 0.2) is 0 Å². The Kier molecular flexibility index (Phi) is 4.64. The molecular weight excluding hydrogens is 304 g/mol. The molecule has 6 heteroatoms. The number of aromatic nitrogens is 2. The van der Waals surface area contributed by atoms with Gasteiger partial charge in [-0.25, -0.2) is 4.68 Å². The number of amides is 2. The highest BCUT2D eigenvalue weighted by molar-refractivity contribution is 6.05. The minimum atomic E-state index is -0.200. The number of hydrogen-bond donors (Lipinski definition) is 1. The maximum absolute atomic E-state index is 12.6. The minimum absolute atomic E-state index is 0.113. The number of carbonyl (C=O) groups is 2. The molecule has 0 saturated carbocycles. The van der Waals surface area contributed by atoms with Crippen molar-refractivity contribution in [3.8, 4) is 0 Å². The van der Waals surface area contributed by atoms with Crippen LogP contribution in [0.25, 0.3) is 0 Å². The molecule has 0 spiro atoms. The van der Waals surface area contributed by atoms with E-state index in [9.17, 15) is 9.59 Å². The molecule has 1 aromatic heterocycles. The van der Waals surface area contributed by atoms with Crippen molar-refractivity contribution < 1.29 is 9.59 Å².